The number of amides is 1. The number of aliphatic hydroxyl groups is 4. The topological polar surface area (TPSA) is 110 Å². The zero-order valence-electron chi connectivity index (χ0n) is 38.6. The monoisotopic (exact) mass is 810 g/mol. The molecule has 0 saturated carbocycles. The Morgan fingerprint density at radius 3 is 0.842 bits per heavy atom. The quantitative estimate of drug-likeness (QED) is 0.0393. The van der Waals surface area contributed by atoms with Crippen LogP contribution in [0.4, 0.5) is 0 Å². The van der Waals surface area contributed by atoms with Crippen molar-refractivity contribution in [3.05, 3.63) is 0 Å². The number of aliphatic hydroxyl groups excluding tert-OH is 4. The van der Waals surface area contributed by atoms with Gasteiger partial charge in [0.1, 0.15) is 12.2 Å². The maximum atomic E-state index is 12.5. The zero-order valence-corrected chi connectivity index (χ0v) is 38.6. The van der Waals surface area contributed by atoms with Crippen molar-refractivity contribution in [3.8, 4) is 0 Å². The molecule has 0 aromatic heterocycles. The van der Waals surface area contributed by atoms with Gasteiger partial charge in [0.15, 0.2) is 0 Å². The van der Waals surface area contributed by atoms with E-state index in [1.165, 1.54) is 225 Å². The van der Waals surface area contributed by atoms with E-state index in [1.807, 2.05) is 0 Å². The Balaban J connectivity index is 3.59. The van der Waals surface area contributed by atoms with Crippen molar-refractivity contribution in [1.29, 1.82) is 0 Å². The van der Waals surface area contributed by atoms with E-state index in [0.717, 1.165) is 38.5 Å². The van der Waals surface area contributed by atoms with Crippen molar-refractivity contribution in [2.75, 3.05) is 6.61 Å². The second-order valence-corrected chi connectivity index (χ2v) is 18.2. The zero-order chi connectivity index (χ0) is 41.7. The van der Waals surface area contributed by atoms with Crippen LogP contribution in [0.25, 0.3) is 0 Å². The predicted octanol–water partition coefficient (Wildman–Crippen LogP) is 14.4. The van der Waals surface area contributed by atoms with Crippen molar-refractivity contribution in [2.45, 2.75) is 314 Å². The van der Waals surface area contributed by atoms with Gasteiger partial charge in [-0.3, -0.25) is 4.79 Å². The molecule has 57 heavy (non-hydrogen) atoms. The molecular weight excluding hydrogens is 707 g/mol. The lowest BCUT2D eigenvalue weighted by Gasteiger charge is -2.27. The molecular formula is C51H103NO5. The maximum absolute atomic E-state index is 12.5. The molecule has 0 aromatic rings. The lowest BCUT2D eigenvalue weighted by molar-refractivity contribution is -0.132. The van der Waals surface area contributed by atoms with E-state index >= 15 is 0 Å². The van der Waals surface area contributed by atoms with E-state index in [-0.39, 0.29) is 0 Å². The van der Waals surface area contributed by atoms with Crippen molar-refractivity contribution in [1.82, 2.24) is 5.32 Å². The molecule has 0 spiro atoms. The van der Waals surface area contributed by atoms with Crippen LogP contribution in [0, 0.1) is 0 Å². The van der Waals surface area contributed by atoms with Crippen LogP contribution in [0.5, 0.6) is 0 Å². The van der Waals surface area contributed by atoms with E-state index in [1.54, 1.807) is 0 Å². The van der Waals surface area contributed by atoms with Crippen molar-refractivity contribution >= 4 is 5.91 Å². The predicted molar refractivity (Wildman–Crippen MR) is 247 cm³/mol. The second kappa shape index (κ2) is 46.4. The smallest absolute Gasteiger partial charge is 0.249 e. The number of nitrogens with one attached hydrogen (secondary N) is 1. The van der Waals surface area contributed by atoms with E-state index in [2.05, 4.69) is 19.2 Å². The molecule has 5 N–H and O–H groups in total. The second-order valence-electron chi connectivity index (χ2n) is 18.2. The highest BCUT2D eigenvalue weighted by molar-refractivity contribution is 5.80. The minimum atomic E-state index is -1.25. The van der Waals surface area contributed by atoms with Crippen LogP contribution in [-0.2, 0) is 4.79 Å². The van der Waals surface area contributed by atoms with E-state index in [9.17, 15) is 25.2 Å². The van der Waals surface area contributed by atoms with Gasteiger partial charge in [-0.25, -0.2) is 0 Å². The molecule has 342 valence electrons. The van der Waals surface area contributed by atoms with Crippen LogP contribution < -0.4 is 5.32 Å². The highest BCUT2D eigenvalue weighted by Crippen LogP contribution is 2.18. The summed E-state index contributed by atoms with van der Waals surface area (Å²) in [6.07, 6.45) is 51.6. The van der Waals surface area contributed by atoms with Gasteiger partial charge in [-0.1, -0.05) is 277 Å². The third-order valence-corrected chi connectivity index (χ3v) is 12.6. The number of unbranched alkanes of at least 4 members (excludes halogenated alkanes) is 39. The van der Waals surface area contributed by atoms with Gasteiger partial charge >= 0.3 is 0 Å². The number of carbonyl (C=O) groups is 1. The summed E-state index contributed by atoms with van der Waals surface area (Å²) in [6.45, 7) is 4.08. The van der Waals surface area contributed by atoms with Crippen LogP contribution in [0.1, 0.15) is 290 Å². The summed E-state index contributed by atoms with van der Waals surface area (Å²) in [7, 11) is 0. The van der Waals surface area contributed by atoms with Gasteiger partial charge in [0, 0.05) is 0 Å². The Kier molecular flexibility index (Phi) is 45.8. The average molecular weight is 810 g/mol. The number of hydrogen-bond acceptors (Lipinski definition) is 5. The summed E-state index contributed by atoms with van der Waals surface area (Å²) in [4.78, 5) is 12.5. The van der Waals surface area contributed by atoms with E-state index in [0.29, 0.717) is 12.8 Å². The summed E-state index contributed by atoms with van der Waals surface area (Å²) in [5.41, 5.74) is 0. The standard InChI is InChI=1S/C51H103NO5/c1-3-5-7-9-11-13-15-17-19-20-21-22-23-24-25-26-27-28-29-31-32-34-36-38-40-42-44-48(54)50(56)47(46-53)52-51(57)49(55)45-43-41-39-37-35-33-30-18-16-14-12-10-8-6-4-2/h47-50,53-56H,3-46H2,1-2H3,(H,52,57). The molecule has 0 heterocycles. The number of carbonyl (C=O) groups excluding carboxylic acids is 1. The molecule has 0 aliphatic carbocycles. The Labute approximate surface area is 356 Å². The summed E-state index contributed by atoms with van der Waals surface area (Å²) >= 11 is 0. The van der Waals surface area contributed by atoms with Crippen LogP contribution in [0.2, 0.25) is 0 Å². The molecule has 0 saturated heterocycles. The number of hydrogen-bond donors (Lipinski definition) is 5. The lowest BCUT2D eigenvalue weighted by atomic mass is 9.99. The van der Waals surface area contributed by atoms with Crippen LogP contribution in [0.3, 0.4) is 0 Å². The molecule has 1 amide bonds. The fourth-order valence-electron chi connectivity index (χ4n) is 8.47. The van der Waals surface area contributed by atoms with Gasteiger partial charge in [0.05, 0.1) is 18.8 Å². The van der Waals surface area contributed by atoms with Crippen molar-refractivity contribution in [2.24, 2.45) is 0 Å². The number of rotatable bonds is 48. The Bertz CT molecular complexity index is 781. The third kappa shape index (κ3) is 40.5. The molecule has 4 unspecified atom stereocenters. The first-order valence-electron chi connectivity index (χ1n) is 25.9. The van der Waals surface area contributed by atoms with Crippen LogP contribution >= 0.6 is 0 Å². The van der Waals surface area contributed by atoms with Crippen molar-refractivity contribution in [3.63, 3.8) is 0 Å². The Hall–Kier alpha value is -0.690. The maximum Gasteiger partial charge on any atom is 0.249 e. The minimum Gasteiger partial charge on any atom is -0.394 e. The van der Waals surface area contributed by atoms with Gasteiger partial charge in [0.2, 0.25) is 5.91 Å². The Morgan fingerprint density at radius 1 is 0.368 bits per heavy atom. The summed E-state index contributed by atoms with van der Waals surface area (Å²) < 4.78 is 0. The molecule has 6 nitrogen and oxygen atoms in total. The SMILES string of the molecule is CCCCCCCCCCCCCCCCCCCCCCCCCCCCC(O)C(O)C(CO)NC(=O)C(O)CCCCCCCCCCCCCCCCC. The van der Waals surface area contributed by atoms with Crippen molar-refractivity contribution < 1.29 is 25.2 Å². The highest BCUT2D eigenvalue weighted by atomic mass is 16.3. The molecule has 0 rings (SSSR count). The van der Waals surface area contributed by atoms with Crippen LogP contribution in [-0.4, -0.2) is 57.3 Å². The first-order chi connectivity index (χ1) is 28.0. The molecule has 4 atom stereocenters. The molecule has 0 bridgehead atoms. The normalized spacial score (nSPS) is 13.9. The van der Waals surface area contributed by atoms with Crippen LogP contribution in [0.15, 0.2) is 0 Å². The highest BCUT2D eigenvalue weighted by Gasteiger charge is 2.28. The van der Waals surface area contributed by atoms with E-state index in [4.69, 9.17) is 0 Å². The Morgan fingerprint density at radius 2 is 0.596 bits per heavy atom. The molecule has 0 aliphatic heterocycles. The first kappa shape index (κ1) is 56.3. The summed E-state index contributed by atoms with van der Waals surface area (Å²) in [5.74, 6) is -0.578. The molecule has 0 aliphatic rings. The van der Waals surface area contributed by atoms with Gasteiger partial charge in [-0.2, -0.15) is 0 Å². The fraction of sp³-hybridized carbons (Fsp3) is 0.980. The lowest BCUT2D eigenvalue weighted by Crippen LogP contribution is -2.53. The van der Waals surface area contributed by atoms with Gasteiger partial charge in [0.25, 0.3) is 0 Å². The molecule has 0 radical (unpaired) electrons. The molecule has 0 aromatic carbocycles. The van der Waals surface area contributed by atoms with Gasteiger partial charge in [-0.05, 0) is 12.8 Å². The molecule has 0 fully saturated rings. The fourth-order valence-corrected chi connectivity index (χ4v) is 8.47. The largest absolute Gasteiger partial charge is 0.394 e. The minimum absolute atomic E-state index is 0.375. The van der Waals surface area contributed by atoms with Gasteiger partial charge in [-0.15, -0.1) is 0 Å². The summed E-state index contributed by atoms with van der Waals surface area (Å²) in [5, 5.41) is 43.9. The van der Waals surface area contributed by atoms with E-state index < -0.39 is 36.9 Å². The van der Waals surface area contributed by atoms with Gasteiger partial charge < -0.3 is 25.7 Å². The first-order valence-corrected chi connectivity index (χ1v) is 25.9. The molecule has 6 heteroatoms. The average Bonchev–Trinajstić information content (AvgIpc) is 3.22. The third-order valence-electron chi connectivity index (χ3n) is 12.6. The summed E-state index contributed by atoms with van der Waals surface area (Å²) in [6, 6.07) is -0.979.